The first kappa shape index (κ1) is 28.5. The highest BCUT2D eigenvalue weighted by Gasteiger charge is 2.38. The van der Waals surface area contributed by atoms with Crippen LogP contribution in [-0.4, -0.2) is 45.3 Å². The molecule has 0 radical (unpaired) electrons. The molecule has 1 aliphatic rings. The highest BCUT2D eigenvalue weighted by atomic mass is 16.5. The van der Waals surface area contributed by atoms with Crippen molar-refractivity contribution in [3.05, 3.63) is 109 Å². The van der Waals surface area contributed by atoms with Crippen molar-refractivity contribution in [3.63, 3.8) is 0 Å². The molecule has 8 heteroatoms. The van der Waals surface area contributed by atoms with Crippen LogP contribution in [0.25, 0.3) is 0 Å². The van der Waals surface area contributed by atoms with Gasteiger partial charge in [0.2, 0.25) is 0 Å². The van der Waals surface area contributed by atoms with Crippen LogP contribution in [0.5, 0.6) is 23.0 Å². The van der Waals surface area contributed by atoms with Crippen LogP contribution in [0.15, 0.2) is 103 Å². The zero-order valence-corrected chi connectivity index (χ0v) is 23.9. The molecule has 2 atom stereocenters. The lowest BCUT2D eigenvalue weighted by Gasteiger charge is -2.43. The molecule has 42 heavy (non-hydrogen) atoms. The van der Waals surface area contributed by atoms with E-state index in [1.165, 1.54) is 0 Å². The maximum absolute atomic E-state index is 13.8. The number of hydrogen-bond acceptors (Lipinski definition) is 6. The Morgan fingerprint density at radius 2 is 1.24 bits per heavy atom. The lowest BCUT2D eigenvalue weighted by Crippen LogP contribution is -2.49. The Kier molecular flexibility index (Phi) is 8.92. The van der Waals surface area contributed by atoms with Gasteiger partial charge < -0.3 is 28.7 Å². The topological polar surface area (TPSA) is 77.5 Å². The van der Waals surface area contributed by atoms with Crippen molar-refractivity contribution in [2.24, 2.45) is 0 Å². The van der Waals surface area contributed by atoms with Gasteiger partial charge in [0.1, 0.15) is 23.0 Å². The van der Waals surface area contributed by atoms with Crippen LogP contribution in [-0.2, 0) is 9.59 Å². The molecule has 1 heterocycles. The molecule has 0 spiro atoms. The molecule has 0 aliphatic carbocycles. The molecular formula is C34H34N2O6. The minimum Gasteiger partial charge on any atom is -0.497 e. The Labute approximate surface area is 246 Å². The number of benzene rings is 4. The summed E-state index contributed by atoms with van der Waals surface area (Å²) < 4.78 is 22.1. The van der Waals surface area contributed by atoms with Crippen molar-refractivity contribution >= 4 is 23.2 Å². The summed E-state index contributed by atoms with van der Waals surface area (Å²) in [6, 6.07) is 31.0. The molecule has 0 N–H and O–H groups in total. The van der Waals surface area contributed by atoms with E-state index in [-0.39, 0.29) is 37.1 Å². The number of carbonyl (C=O) groups is 2. The van der Waals surface area contributed by atoms with Crippen molar-refractivity contribution in [2.75, 3.05) is 37.2 Å². The van der Waals surface area contributed by atoms with Gasteiger partial charge in [-0.25, -0.2) is 0 Å². The van der Waals surface area contributed by atoms with Gasteiger partial charge in [-0.15, -0.1) is 0 Å². The number of para-hydroxylation sites is 2. The van der Waals surface area contributed by atoms with Gasteiger partial charge in [-0.05, 0) is 85.6 Å². The van der Waals surface area contributed by atoms with Gasteiger partial charge in [-0.2, -0.15) is 0 Å². The predicted octanol–water partition coefficient (Wildman–Crippen LogP) is 6.06. The van der Waals surface area contributed by atoms with E-state index in [2.05, 4.69) is 0 Å². The molecule has 8 nitrogen and oxygen atoms in total. The number of fused-ring (bicyclic) bond motifs is 1. The van der Waals surface area contributed by atoms with Crippen LogP contribution in [0.2, 0.25) is 0 Å². The van der Waals surface area contributed by atoms with Crippen LogP contribution in [0.4, 0.5) is 11.4 Å². The molecule has 0 saturated carbocycles. The zero-order chi connectivity index (χ0) is 29.5. The number of carbonyl (C=O) groups excluding carboxylic acids is 2. The number of hydrogen-bond donors (Lipinski definition) is 0. The van der Waals surface area contributed by atoms with Crippen molar-refractivity contribution in [1.82, 2.24) is 0 Å². The lowest BCUT2D eigenvalue weighted by molar-refractivity contribution is -0.121. The second-order valence-electron chi connectivity index (χ2n) is 9.95. The SMILES string of the molecule is COc1ccc(OCC(=O)N2c3ccccc3C(N(C(=O)COc3ccc(OC)cc3)c3ccccc3)CC2C)cc1. The monoisotopic (exact) mass is 566 g/mol. The third-order valence-corrected chi connectivity index (χ3v) is 7.29. The van der Waals surface area contributed by atoms with Crippen molar-refractivity contribution in [1.29, 1.82) is 0 Å². The minimum absolute atomic E-state index is 0.118. The molecule has 2 unspecified atom stereocenters. The first-order chi connectivity index (χ1) is 20.5. The molecule has 0 fully saturated rings. The van der Waals surface area contributed by atoms with E-state index in [4.69, 9.17) is 18.9 Å². The highest BCUT2D eigenvalue weighted by Crippen LogP contribution is 2.42. The van der Waals surface area contributed by atoms with Gasteiger partial charge >= 0.3 is 0 Å². The maximum Gasteiger partial charge on any atom is 0.265 e. The molecule has 0 bridgehead atoms. The van der Waals surface area contributed by atoms with Gasteiger partial charge in [-0.3, -0.25) is 9.59 Å². The third-order valence-electron chi connectivity index (χ3n) is 7.29. The van der Waals surface area contributed by atoms with Crippen LogP contribution in [0.3, 0.4) is 0 Å². The Morgan fingerprint density at radius 3 is 1.83 bits per heavy atom. The molecule has 1 aliphatic heterocycles. The minimum atomic E-state index is -0.308. The summed E-state index contributed by atoms with van der Waals surface area (Å²) in [7, 11) is 3.20. The Balaban J connectivity index is 1.39. The van der Waals surface area contributed by atoms with Crippen molar-refractivity contribution in [2.45, 2.75) is 25.4 Å². The Bertz CT molecular complexity index is 1490. The second kappa shape index (κ2) is 13.1. The normalized spacial score (nSPS) is 15.7. The summed E-state index contributed by atoms with van der Waals surface area (Å²) >= 11 is 0. The van der Waals surface area contributed by atoms with E-state index in [0.717, 1.165) is 16.9 Å². The summed E-state index contributed by atoms with van der Waals surface area (Å²) in [6.07, 6.45) is 0.536. The highest BCUT2D eigenvalue weighted by molar-refractivity contribution is 5.99. The van der Waals surface area contributed by atoms with Crippen LogP contribution >= 0.6 is 0 Å². The Morgan fingerprint density at radius 1 is 0.714 bits per heavy atom. The summed E-state index contributed by atoms with van der Waals surface area (Å²) in [5.41, 5.74) is 2.40. The lowest BCUT2D eigenvalue weighted by atomic mass is 9.90. The van der Waals surface area contributed by atoms with Gasteiger partial charge in [0.05, 0.1) is 20.3 Å². The predicted molar refractivity (Wildman–Crippen MR) is 162 cm³/mol. The maximum atomic E-state index is 13.8. The first-order valence-corrected chi connectivity index (χ1v) is 13.8. The summed E-state index contributed by atoms with van der Waals surface area (Å²) in [5, 5.41) is 0. The average molecular weight is 567 g/mol. The largest absolute Gasteiger partial charge is 0.497 e. The molecule has 2 amide bonds. The smallest absolute Gasteiger partial charge is 0.265 e. The zero-order valence-electron chi connectivity index (χ0n) is 23.9. The fourth-order valence-corrected chi connectivity index (χ4v) is 5.27. The molecule has 4 aromatic carbocycles. The van der Waals surface area contributed by atoms with Crippen LogP contribution in [0, 0.1) is 0 Å². The molecule has 0 aromatic heterocycles. The fraction of sp³-hybridized carbons (Fsp3) is 0.235. The summed E-state index contributed by atoms with van der Waals surface area (Å²) in [4.78, 5) is 30.9. The number of methoxy groups -OCH3 is 2. The van der Waals surface area contributed by atoms with Gasteiger partial charge in [0, 0.05) is 17.4 Å². The standard InChI is InChI=1S/C34H34N2O6/c1-24-21-32(36(25-9-5-4-6-10-25)34(38)23-42-29-19-15-27(40-3)16-20-29)30-11-7-8-12-31(30)35(24)33(37)22-41-28-17-13-26(39-2)14-18-28/h4-20,24,32H,21-23H2,1-3H3. The number of nitrogens with zero attached hydrogens (tertiary/aromatic N) is 2. The van der Waals surface area contributed by atoms with E-state index >= 15 is 0 Å². The van der Waals surface area contributed by atoms with Crippen molar-refractivity contribution < 1.29 is 28.5 Å². The summed E-state index contributed by atoms with van der Waals surface area (Å²) in [5.74, 6) is 2.23. The number of rotatable bonds is 10. The van der Waals surface area contributed by atoms with Crippen LogP contribution in [0.1, 0.15) is 24.9 Å². The second-order valence-corrected chi connectivity index (χ2v) is 9.95. The first-order valence-electron chi connectivity index (χ1n) is 13.8. The van der Waals surface area contributed by atoms with E-state index < -0.39 is 0 Å². The number of anilines is 2. The van der Waals surface area contributed by atoms with Gasteiger partial charge in [0.25, 0.3) is 11.8 Å². The van der Waals surface area contributed by atoms with E-state index in [1.807, 2.05) is 61.5 Å². The molecule has 5 rings (SSSR count). The average Bonchev–Trinajstić information content (AvgIpc) is 3.03. The molecule has 0 saturated heterocycles. The molecule has 216 valence electrons. The van der Waals surface area contributed by atoms with E-state index in [0.29, 0.717) is 29.4 Å². The fourth-order valence-electron chi connectivity index (χ4n) is 5.27. The summed E-state index contributed by atoms with van der Waals surface area (Å²) in [6.45, 7) is 1.73. The van der Waals surface area contributed by atoms with Gasteiger partial charge in [0.15, 0.2) is 13.2 Å². The number of ether oxygens (including phenoxy) is 4. The number of amides is 2. The quantitative estimate of drug-likeness (QED) is 0.232. The van der Waals surface area contributed by atoms with Crippen LogP contribution < -0.4 is 28.7 Å². The molecule has 4 aromatic rings. The van der Waals surface area contributed by atoms with E-state index in [9.17, 15) is 9.59 Å². The van der Waals surface area contributed by atoms with E-state index in [1.54, 1.807) is 72.6 Å². The third kappa shape index (κ3) is 6.33. The van der Waals surface area contributed by atoms with Gasteiger partial charge in [-0.1, -0.05) is 36.4 Å². The Hall–Kier alpha value is -4.98. The molecular weight excluding hydrogens is 532 g/mol. The van der Waals surface area contributed by atoms with Crippen molar-refractivity contribution in [3.8, 4) is 23.0 Å².